The van der Waals surface area contributed by atoms with Gasteiger partial charge in [0.05, 0.1) is 7.11 Å². The molecular weight excluding hydrogens is 276 g/mol. The Labute approximate surface area is 130 Å². The highest BCUT2D eigenvalue weighted by Crippen LogP contribution is 2.40. The van der Waals surface area contributed by atoms with Crippen LogP contribution in [0.2, 0.25) is 0 Å². The number of benzene rings is 2. The third-order valence-electron chi connectivity index (χ3n) is 4.70. The lowest BCUT2D eigenvalue weighted by molar-refractivity contribution is -0.118. The van der Waals surface area contributed by atoms with Crippen LogP contribution in [0.3, 0.4) is 0 Å². The van der Waals surface area contributed by atoms with Gasteiger partial charge in [0, 0.05) is 17.4 Å². The Balaban J connectivity index is 2.11. The molecule has 1 aliphatic carbocycles. The maximum atomic E-state index is 12.9. The van der Waals surface area contributed by atoms with Gasteiger partial charge < -0.3 is 4.74 Å². The van der Waals surface area contributed by atoms with Gasteiger partial charge in [-0.1, -0.05) is 25.1 Å². The van der Waals surface area contributed by atoms with Crippen molar-refractivity contribution in [2.75, 3.05) is 7.11 Å². The minimum absolute atomic E-state index is 0.0739. The average Bonchev–Trinajstić information content (AvgIpc) is 2.49. The van der Waals surface area contributed by atoms with Crippen molar-refractivity contribution in [3.63, 3.8) is 0 Å². The van der Waals surface area contributed by atoms with Crippen molar-refractivity contribution in [2.45, 2.75) is 33.1 Å². The molecule has 0 aromatic heterocycles. The summed E-state index contributed by atoms with van der Waals surface area (Å²) >= 11 is 0. The summed E-state index contributed by atoms with van der Waals surface area (Å²) < 4.78 is 5.26. The molecule has 114 valence electrons. The molecule has 0 N–H and O–H groups in total. The van der Waals surface area contributed by atoms with Gasteiger partial charge in [0.2, 0.25) is 0 Å². The molecule has 3 nitrogen and oxygen atoms in total. The third-order valence-corrected chi connectivity index (χ3v) is 4.70. The van der Waals surface area contributed by atoms with Crippen LogP contribution in [0.25, 0.3) is 10.8 Å². The Morgan fingerprint density at radius 1 is 1.27 bits per heavy atom. The summed E-state index contributed by atoms with van der Waals surface area (Å²) in [7, 11) is 1.65. The summed E-state index contributed by atoms with van der Waals surface area (Å²) in [6, 6.07) is 9.80. The molecule has 1 aliphatic rings. The van der Waals surface area contributed by atoms with Crippen LogP contribution in [0.1, 0.15) is 42.6 Å². The van der Waals surface area contributed by atoms with Gasteiger partial charge in [-0.2, -0.15) is 0 Å². The van der Waals surface area contributed by atoms with Crippen LogP contribution in [0.15, 0.2) is 30.3 Å². The second-order valence-corrected chi connectivity index (χ2v) is 6.45. The number of methoxy groups -OCH3 is 1. The smallest absolute Gasteiger partial charge is 0.169 e. The zero-order chi connectivity index (χ0) is 15.9. The molecule has 3 rings (SSSR count). The number of carbonyl (C=O) groups is 2. The van der Waals surface area contributed by atoms with Crippen molar-refractivity contribution in [3.05, 3.63) is 41.5 Å². The lowest BCUT2D eigenvalue weighted by Gasteiger charge is -2.33. The van der Waals surface area contributed by atoms with Gasteiger partial charge in [0.15, 0.2) is 5.78 Å². The molecule has 2 aromatic carbocycles. The molecular formula is C19H20O3. The molecule has 0 unspecified atom stereocenters. The average molecular weight is 296 g/mol. The van der Waals surface area contributed by atoms with Gasteiger partial charge in [0.25, 0.3) is 0 Å². The first kappa shape index (κ1) is 14.8. The normalized spacial score (nSPS) is 20.8. The summed E-state index contributed by atoms with van der Waals surface area (Å²) in [5.74, 6) is 0.988. The molecule has 0 radical (unpaired) electrons. The number of carbonyl (C=O) groups excluding carboxylic acids is 2. The number of ketones is 2. The molecule has 0 saturated heterocycles. The van der Waals surface area contributed by atoms with Gasteiger partial charge >= 0.3 is 0 Å². The number of ether oxygens (including phenoxy) is 1. The minimum atomic E-state index is -0.557. The standard InChI is InChI=1S/C19H20O3/c1-12(20)11-19(2)9-8-16-15-7-5-14(22-3)10-13(15)4-6-17(16)18(19)21/h4-7,10H,8-9,11H2,1-3H3/t19-/m1/s1. The van der Waals surface area contributed by atoms with Crippen molar-refractivity contribution in [2.24, 2.45) is 5.41 Å². The molecule has 22 heavy (non-hydrogen) atoms. The van der Waals surface area contributed by atoms with Crippen molar-refractivity contribution in [1.82, 2.24) is 0 Å². The maximum Gasteiger partial charge on any atom is 0.169 e. The van der Waals surface area contributed by atoms with Crippen molar-refractivity contribution < 1.29 is 14.3 Å². The second kappa shape index (κ2) is 5.24. The fourth-order valence-electron chi connectivity index (χ4n) is 3.54. The summed E-state index contributed by atoms with van der Waals surface area (Å²) in [6.45, 7) is 3.47. The second-order valence-electron chi connectivity index (χ2n) is 6.45. The molecule has 0 spiro atoms. The predicted octanol–water partition coefficient (Wildman–Crippen LogP) is 3.96. The van der Waals surface area contributed by atoms with E-state index in [9.17, 15) is 9.59 Å². The van der Waals surface area contributed by atoms with E-state index in [-0.39, 0.29) is 11.6 Å². The Morgan fingerprint density at radius 3 is 2.73 bits per heavy atom. The summed E-state index contributed by atoms with van der Waals surface area (Å²) in [5.41, 5.74) is 1.32. The fraction of sp³-hybridized carbons (Fsp3) is 0.368. The fourth-order valence-corrected chi connectivity index (χ4v) is 3.54. The van der Waals surface area contributed by atoms with Gasteiger partial charge in [-0.05, 0) is 48.2 Å². The first-order valence-corrected chi connectivity index (χ1v) is 7.58. The Morgan fingerprint density at radius 2 is 2.05 bits per heavy atom. The van der Waals surface area contributed by atoms with Gasteiger partial charge in [0.1, 0.15) is 11.5 Å². The van der Waals surface area contributed by atoms with E-state index in [0.717, 1.165) is 40.5 Å². The van der Waals surface area contributed by atoms with E-state index in [4.69, 9.17) is 4.74 Å². The molecule has 1 atom stereocenters. The Hall–Kier alpha value is -2.16. The van der Waals surface area contributed by atoms with Gasteiger partial charge in [-0.25, -0.2) is 0 Å². The number of hydrogen-bond donors (Lipinski definition) is 0. The first-order chi connectivity index (χ1) is 10.4. The van der Waals surface area contributed by atoms with Gasteiger partial charge in [-0.3, -0.25) is 9.59 Å². The van der Waals surface area contributed by atoms with E-state index < -0.39 is 5.41 Å². The topological polar surface area (TPSA) is 43.4 Å². The number of aryl methyl sites for hydroxylation is 1. The van der Waals surface area contributed by atoms with Gasteiger partial charge in [-0.15, -0.1) is 0 Å². The van der Waals surface area contributed by atoms with Crippen molar-refractivity contribution in [1.29, 1.82) is 0 Å². The summed E-state index contributed by atoms with van der Waals surface area (Å²) in [5, 5.41) is 2.19. The molecule has 0 heterocycles. The molecule has 0 amide bonds. The number of fused-ring (bicyclic) bond motifs is 3. The monoisotopic (exact) mass is 296 g/mol. The number of rotatable bonds is 3. The largest absolute Gasteiger partial charge is 0.497 e. The quantitative estimate of drug-likeness (QED) is 0.861. The number of Topliss-reactive ketones (excluding diaryl/α,β-unsaturated/α-hetero) is 2. The highest BCUT2D eigenvalue weighted by atomic mass is 16.5. The van der Waals surface area contributed by atoms with Crippen molar-refractivity contribution >= 4 is 22.3 Å². The van der Waals surface area contributed by atoms with Crippen LogP contribution in [0, 0.1) is 5.41 Å². The lowest BCUT2D eigenvalue weighted by Crippen LogP contribution is -2.35. The zero-order valence-electron chi connectivity index (χ0n) is 13.2. The number of hydrogen-bond acceptors (Lipinski definition) is 3. The predicted molar refractivity (Wildman–Crippen MR) is 86.6 cm³/mol. The summed E-state index contributed by atoms with van der Waals surface area (Å²) in [6.07, 6.45) is 1.88. The van der Waals surface area contributed by atoms with Crippen LogP contribution < -0.4 is 4.74 Å². The lowest BCUT2D eigenvalue weighted by atomic mass is 9.68. The highest BCUT2D eigenvalue weighted by Gasteiger charge is 2.39. The van der Waals surface area contributed by atoms with E-state index in [1.54, 1.807) is 14.0 Å². The highest BCUT2D eigenvalue weighted by molar-refractivity contribution is 6.08. The molecule has 0 bridgehead atoms. The van der Waals surface area contributed by atoms with Crippen LogP contribution >= 0.6 is 0 Å². The van der Waals surface area contributed by atoms with Crippen molar-refractivity contribution in [3.8, 4) is 5.75 Å². The molecule has 0 saturated carbocycles. The van der Waals surface area contributed by atoms with Crippen LogP contribution in [-0.4, -0.2) is 18.7 Å². The SMILES string of the molecule is COc1ccc2c3c(ccc2c1)C(=O)[C@@](C)(CC(C)=O)CC3. The Kier molecular flexibility index (Phi) is 3.51. The maximum absolute atomic E-state index is 12.9. The zero-order valence-corrected chi connectivity index (χ0v) is 13.2. The molecule has 0 aliphatic heterocycles. The molecule has 0 fully saturated rings. The Bertz CT molecular complexity index is 776. The van der Waals surface area contributed by atoms with E-state index in [2.05, 4.69) is 0 Å². The van der Waals surface area contributed by atoms with E-state index in [1.807, 2.05) is 37.3 Å². The van der Waals surface area contributed by atoms with E-state index in [0.29, 0.717) is 6.42 Å². The minimum Gasteiger partial charge on any atom is -0.497 e. The van der Waals surface area contributed by atoms with Crippen LogP contribution in [-0.2, 0) is 11.2 Å². The van der Waals surface area contributed by atoms with E-state index in [1.165, 1.54) is 0 Å². The first-order valence-electron chi connectivity index (χ1n) is 7.58. The molecule has 3 heteroatoms. The summed E-state index contributed by atoms with van der Waals surface area (Å²) in [4.78, 5) is 24.4. The molecule has 2 aromatic rings. The van der Waals surface area contributed by atoms with E-state index >= 15 is 0 Å². The van der Waals surface area contributed by atoms with Crippen LogP contribution in [0.5, 0.6) is 5.75 Å². The third kappa shape index (κ3) is 2.31. The van der Waals surface area contributed by atoms with Crippen LogP contribution in [0.4, 0.5) is 0 Å².